The van der Waals surface area contributed by atoms with E-state index >= 15 is 0 Å². The standard InChI is InChI=1S/C16H19FN2O/c1-3-19(16-9-14(20)7-4-11(16)2)10-12-5-6-13(17)8-15(12)18/h4-9,20H,3,10,18H2,1-2H3. The van der Waals surface area contributed by atoms with Crippen LogP contribution in [0, 0.1) is 12.7 Å². The van der Waals surface area contributed by atoms with Crippen LogP contribution in [0.1, 0.15) is 18.1 Å². The van der Waals surface area contributed by atoms with E-state index in [-0.39, 0.29) is 11.6 Å². The lowest BCUT2D eigenvalue weighted by atomic mass is 10.1. The number of rotatable bonds is 4. The van der Waals surface area contributed by atoms with Gasteiger partial charge in [0.05, 0.1) is 0 Å². The van der Waals surface area contributed by atoms with Gasteiger partial charge < -0.3 is 15.7 Å². The SMILES string of the molecule is CCN(Cc1ccc(F)cc1N)c1cc(O)ccc1C. The fourth-order valence-corrected chi connectivity index (χ4v) is 2.22. The number of halogens is 1. The van der Waals surface area contributed by atoms with Gasteiger partial charge in [0.15, 0.2) is 0 Å². The van der Waals surface area contributed by atoms with Crippen LogP contribution >= 0.6 is 0 Å². The van der Waals surface area contributed by atoms with E-state index in [4.69, 9.17) is 5.73 Å². The lowest BCUT2D eigenvalue weighted by molar-refractivity contribution is 0.475. The van der Waals surface area contributed by atoms with Gasteiger partial charge in [0.1, 0.15) is 11.6 Å². The average molecular weight is 274 g/mol. The monoisotopic (exact) mass is 274 g/mol. The Morgan fingerprint density at radius 3 is 2.60 bits per heavy atom. The smallest absolute Gasteiger partial charge is 0.125 e. The third kappa shape index (κ3) is 3.02. The zero-order chi connectivity index (χ0) is 14.7. The van der Waals surface area contributed by atoms with Crippen LogP contribution in [0.3, 0.4) is 0 Å². The Labute approximate surface area is 118 Å². The molecule has 0 amide bonds. The molecule has 2 aromatic carbocycles. The molecule has 3 nitrogen and oxygen atoms in total. The molecule has 0 atom stereocenters. The van der Waals surface area contributed by atoms with Crippen LogP contribution in [-0.4, -0.2) is 11.7 Å². The molecule has 3 N–H and O–H groups in total. The Hall–Kier alpha value is -2.23. The van der Waals surface area contributed by atoms with E-state index in [2.05, 4.69) is 4.90 Å². The van der Waals surface area contributed by atoms with E-state index in [0.29, 0.717) is 12.2 Å². The van der Waals surface area contributed by atoms with Crippen LogP contribution in [-0.2, 0) is 6.54 Å². The van der Waals surface area contributed by atoms with Crippen molar-refractivity contribution >= 4 is 11.4 Å². The minimum absolute atomic E-state index is 0.233. The van der Waals surface area contributed by atoms with Crippen molar-refractivity contribution in [1.82, 2.24) is 0 Å². The zero-order valence-electron chi connectivity index (χ0n) is 11.7. The predicted octanol–water partition coefficient (Wildman–Crippen LogP) is 3.45. The summed E-state index contributed by atoms with van der Waals surface area (Å²) in [7, 11) is 0. The molecule has 106 valence electrons. The molecule has 0 heterocycles. The molecule has 2 aromatic rings. The van der Waals surface area contributed by atoms with Crippen molar-refractivity contribution in [2.75, 3.05) is 17.2 Å². The van der Waals surface area contributed by atoms with Gasteiger partial charge in [-0.05, 0) is 43.2 Å². The molecule has 0 fully saturated rings. The molecule has 4 heteroatoms. The van der Waals surface area contributed by atoms with E-state index in [1.54, 1.807) is 18.2 Å². The second-order valence-corrected chi connectivity index (χ2v) is 4.83. The maximum Gasteiger partial charge on any atom is 0.125 e. The first-order valence-corrected chi connectivity index (χ1v) is 6.59. The minimum atomic E-state index is -0.331. The van der Waals surface area contributed by atoms with Crippen LogP contribution in [0.2, 0.25) is 0 Å². The number of anilines is 2. The minimum Gasteiger partial charge on any atom is -0.508 e. The summed E-state index contributed by atoms with van der Waals surface area (Å²) in [5.41, 5.74) is 9.20. The number of aryl methyl sites for hydroxylation is 1. The van der Waals surface area contributed by atoms with Crippen molar-refractivity contribution in [2.24, 2.45) is 0 Å². The van der Waals surface area contributed by atoms with Crippen molar-refractivity contribution in [3.8, 4) is 5.75 Å². The molecule has 2 rings (SSSR count). The number of hydrogen-bond donors (Lipinski definition) is 2. The summed E-state index contributed by atoms with van der Waals surface area (Å²) in [6, 6.07) is 9.72. The van der Waals surface area contributed by atoms with Gasteiger partial charge in [-0.2, -0.15) is 0 Å². The molecule has 0 aliphatic carbocycles. The molecule has 0 saturated carbocycles. The van der Waals surface area contributed by atoms with Gasteiger partial charge in [0.25, 0.3) is 0 Å². The third-order valence-electron chi connectivity index (χ3n) is 3.38. The Balaban J connectivity index is 2.31. The van der Waals surface area contributed by atoms with E-state index in [1.807, 2.05) is 19.9 Å². The number of phenolic OH excluding ortho intramolecular Hbond substituents is 1. The summed E-state index contributed by atoms with van der Waals surface area (Å²) >= 11 is 0. The molecular formula is C16H19FN2O. The molecule has 0 aliphatic heterocycles. The molecule has 0 spiro atoms. The largest absolute Gasteiger partial charge is 0.508 e. The van der Waals surface area contributed by atoms with Crippen LogP contribution in [0.15, 0.2) is 36.4 Å². The maximum absolute atomic E-state index is 13.1. The number of benzene rings is 2. The number of nitrogens with zero attached hydrogens (tertiary/aromatic N) is 1. The highest BCUT2D eigenvalue weighted by molar-refractivity contribution is 5.58. The summed E-state index contributed by atoms with van der Waals surface area (Å²) in [5, 5.41) is 9.64. The van der Waals surface area contributed by atoms with E-state index in [1.165, 1.54) is 12.1 Å². The highest BCUT2D eigenvalue weighted by Gasteiger charge is 2.11. The number of nitrogens with two attached hydrogens (primary N) is 1. The van der Waals surface area contributed by atoms with Gasteiger partial charge in [-0.25, -0.2) is 4.39 Å². The second-order valence-electron chi connectivity index (χ2n) is 4.83. The second kappa shape index (κ2) is 5.82. The van der Waals surface area contributed by atoms with Gasteiger partial charge in [0, 0.05) is 30.5 Å². The Kier molecular flexibility index (Phi) is 4.13. The molecule has 0 bridgehead atoms. The fraction of sp³-hybridized carbons (Fsp3) is 0.250. The molecule has 0 saturated heterocycles. The summed E-state index contributed by atoms with van der Waals surface area (Å²) in [6.07, 6.45) is 0. The van der Waals surface area contributed by atoms with E-state index in [0.717, 1.165) is 23.4 Å². The Morgan fingerprint density at radius 1 is 1.20 bits per heavy atom. The quantitative estimate of drug-likeness (QED) is 0.840. The van der Waals surface area contributed by atoms with Gasteiger partial charge in [-0.3, -0.25) is 0 Å². The van der Waals surface area contributed by atoms with E-state index in [9.17, 15) is 9.50 Å². The lowest BCUT2D eigenvalue weighted by Gasteiger charge is -2.26. The van der Waals surface area contributed by atoms with E-state index < -0.39 is 0 Å². The van der Waals surface area contributed by atoms with Crippen LogP contribution in [0.4, 0.5) is 15.8 Å². The summed E-state index contributed by atoms with van der Waals surface area (Å²) < 4.78 is 13.1. The summed E-state index contributed by atoms with van der Waals surface area (Å²) in [5.74, 6) is -0.0982. The zero-order valence-corrected chi connectivity index (χ0v) is 11.7. The first kappa shape index (κ1) is 14.2. The molecule has 20 heavy (non-hydrogen) atoms. The third-order valence-corrected chi connectivity index (χ3v) is 3.38. The maximum atomic E-state index is 13.1. The molecule has 0 unspecified atom stereocenters. The Bertz CT molecular complexity index is 613. The van der Waals surface area contributed by atoms with Crippen LogP contribution in [0.5, 0.6) is 5.75 Å². The molecule has 0 aromatic heterocycles. The van der Waals surface area contributed by atoms with Gasteiger partial charge in [0.2, 0.25) is 0 Å². The number of hydrogen-bond acceptors (Lipinski definition) is 3. The van der Waals surface area contributed by atoms with Crippen molar-refractivity contribution < 1.29 is 9.50 Å². The van der Waals surface area contributed by atoms with Gasteiger partial charge >= 0.3 is 0 Å². The highest BCUT2D eigenvalue weighted by Crippen LogP contribution is 2.27. The number of nitrogen functional groups attached to an aromatic ring is 1. The first-order valence-electron chi connectivity index (χ1n) is 6.59. The van der Waals surface area contributed by atoms with Crippen molar-refractivity contribution in [2.45, 2.75) is 20.4 Å². The number of aromatic hydroxyl groups is 1. The molecule has 0 aliphatic rings. The first-order chi connectivity index (χ1) is 9.51. The Morgan fingerprint density at radius 2 is 1.95 bits per heavy atom. The van der Waals surface area contributed by atoms with Gasteiger partial charge in [-0.1, -0.05) is 12.1 Å². The molecule has 0 radical (unpaired) electrons. The van der Waals surface area contributed by atoms with Crippen molar-refractivity contribution in [1.29, 1.82) is 0 Å². The normalized spacial score (nSPS) is 10.6. The summed E-state index contributed by atoms with van der Waals surface area (Å²) in [6.45, 7) is 5.36. The average Bonchev–Trinajstić information content (AvgIpc) is 2.41. The lowest BCUT2D eigenvalue weighted by Crippen LogP contribution is -2.23. The highest BCUT2D eigenvalue weighted by atomic mass is 19.1. The predicted molar refractivity (Wildman–Crippen MR) is 80.4 cm³/mol. The van der Waals surface area contributed by atoms with Crippen molar-refractivity contribution in [3.05, 3.63) is 53.3 Å². The van der Waals surface area contributed by atoms with Gasteiger partial charge in [-0.15, -0.1) is 0 Å². The van der Waals surface area contributed by atoms with Crippen LogP contribution < -0.4 is 10.6 Å². The van der Waals surface area contributed by atoms with Crippen molar-refractivity contribution in [3.63, 3.8) is 0 Å². The molecular weight excluding hydrogens is 255 g/mol. The number of phenols is 1. The fourth-order valence-electron chi connectivity index (χ4n) is 2.22. The summed E-state index contributed by atoms with van der Waals surface area (Å²) in [4.78, 5) is 2.10. The topological polar surface area (TPSA) is 49.5 Å². The van der Waals surface area contributed by atoms with Crippen LogP contribution in [0.25, 0.3) is 0 Å².